The summed E-state index contributed by atoms with van der Waals surface area (Å²) in [7, 11) is 3.48. The Morgan fingerprint density at radius 1 is 0.897 bits per heavy atom. The molecule has 3 aliphatic heterocycles. The summed E-state index contributed by atoms with van der Waals surface area (Å²) < 4.78 is 5.62. The summed E-state index contributed by atoms with van der Waals surface area (Å²) in [6, 6.07) is 0.128. The number of hydrogen-bond acceptors (Lipinski definition) is 4. The molecule has 3 aliphatic rings. The van der Waals surface area contributed by atoms with E-state index >= 15 is 0 Å². The maximum atomic E-state index is 13.3. The van der Waals surface area contributed by atoms with Crippen molar-refractivity contribution in [2.75, 3.05) is 40.3 Å². The lowest BCUT2D eigenvalue weighted by Crippen LogP contribution is -2.51. The molecule has 0 radical (unpaired) electrons. The van der Waals surface area contributed by atoms with Crippen molar-refractivity contribution in [3.05, 3.63) is 0 Å². The number of nitrogens with zero attached hydrogens (tertiary/aromatic N) is 4. The van der Waals surface area contributed by atoms with Crippen LogP contribution in [-0.2, 0) is 9.53 Å². The van der Waals surface area contributed by atoms with Gasteiger partial charge in [0, 0.05) is 46.3 Å². The SMILES string of the molecule is CN(C)C(=O)N1CCC[C@@H](C(=O)N2CC[C@H]3CC[C@@H](C2)N3C(=O)OC(C)(C)C)C1. The van der Waals surface area contributed by atoms with Crippen molar-refractivity contribution in [2.24, 2.45) is 5.92 Å². The molecular formula is C21H36N4O4. The van der Waals surface area contributed by atoms with Crippen LogP contribution in [0, 0.1) is 5.92 Å². The van der Waals surface area contributed by atoms with Crippen molar-refractivity contribution in [3.63, 3.8) is 0 Å². The second kappa shape index (κ2) is 8.40. The zero-order valence-corrected chi connectivity index (χ0v) is 18.5. The molecule has 8 heteroatoms. The van der Waals surface area contributed by atoms with E-state index in [2.05, 4.69) is 0 Å². The predicted molar refractivity (Wildman–Crippen MR) is 109 cm³/mol. The molecule has 0 spiro atoms. The number of hydrogen-bond donors (Lipinski definition) is 0. The Hall–Kier alpha value is -1.99. The molecule has 3 saturated heterocycles. The van der Waals surface area contributed by atoms with Crippen LogP contribution in [0.1, 0.15) is 52.9 Å². The van der Waals surface area contributed by atoms with Crippen molar-refractivity contribution in [2.45, 2.75) is 70.6 Å². The number of carbonyl (C=O) groups excluding carboxylic acids is 3. The Kier molecular flexibility index (Phi) is 6.29. The standard InChI is InChI=1S/C21H36N4O4/c1-21(2,3)29-20(28)25-16-8-9-17(25)14-23(12-10-16)18(26)15-7-6-11-24(13-15)19(27)22(4)5/h15-17H,6-14H2,1-5H3/t15-,16-,17+/m1/s1. The summed E-state index contributed by atoms with van der Waals surface area (Å²) in [6.07, 6.45) is 4.06. The number of likely N-dealkylation sites (tertiary alicyclic amines) is 2. The van der Waals surface area contributed by atoms with E-state index in [0.29, 0.717) is 26.2 Å². The van der Waals surface area contributed by atoms with Gasteiger partial charge < -0.3 is 24.3 Å². The van der Waals surface area contributed by atoms with E-state index < -0.39 is 5.60 Å². The minimum atomic E-state index is -0.525. The molecule has 0 saturated carbocycles. The van der Waals surface area contributed by atoms with Crippen LogP contribution in [0.5, 0.6) is 0 Å². The highest BCUT2D eigenvalue weighted by atomic mass is 16.6. The van der Waals surface area contributed by atoms with Gasteiger partial charge in [0.1, 0.15) is 5.60 Å². The lowest BCUT2D eigenvalue weighted by Gasteiger charge is -2.36. The van der Waals surface area contributed by atoms with Gasteiger partial charge in [-0.15, -0.1) is 0 Å². The van der Waals surface area contributed by atoms with Crippen LogP contribution >= 0.6 is 0 Å². The van der Waals surface area contributed by atoms with Gasteiger partial charge in [-0.1, -0.05) is 0 Å². The number of amides is 4. The summed E-state index contributed by atoms with van der Waals surface area (Å²) >= 11 is 0. The zero-order valence-electron chi connectivity index (χ0n) is 18.5. The molecule has 0 aromatic carbocycles. The number of rotatable bonds is 1. The van der Waals surface area contributed by atoms with E-state index in [4.69, 9.17) is 4.74 Å². The Morgan fingerprint density at radius 3 is 2.24 bits per heavy atom. The van der Waals surface area contributed by atoms with Crippen molar-refractivity contribution >= 4 is 18.0 Å². The van der Waals surface area contributed by atoms with Crippen molar-refractivity contribution < 1.29 is 19.1 Å². The van der Waals surface area contributed by atoms with Crippen LogP contribution in [0.25, 0.3) is 0 Å². The highest BCUT2D eigenvalue weighted by Crippen LogP contribution is 2.33. The number of piperidine rings is 1. The van der Waals surface area contributed by atoms with Gasteiger partial charge in [0.25, 0.3) is 0 Å². The number of carbonyl (C=O) groups is 3. The maximum absolute atomic E-state index is 13.3. The molecular weight excluding hydrogens is 372 g/mol. The van der Waals surface area contributed by atoms with Gasteiger partial charge >= 0.3 is 12.1 Å². The summed E-state index contributed by atoms with van der Waals surface area (Å²) in [5.41, 5.74) is -0.525. The average molecular weight is 409 g/mol. The second-order valence-corrected chi connectivity index (χ2v) is 9.81. The fourth-order valence-electron chi connectivity index (χ4n) is 4.78. The third-order valence-electron chi connectivity index (χ3n) is 6.12. The van der Waals surface area contributed by atoms with Crippen LogP contribution in [-0.4, -0.2) is 95.6 Å². The van der Waals surface area contributed by atoms with Crippen LogP contribution in [0.2, 0.25) is 0 Å². The molecule has 164 valence electrons. The minimum Gasteiger partial charge on any atom is -0.444 e. The first-order valence-electron chi connectivity index (χ1n) is 10.8. The van der Waals surface area contributed by atoms with Gasteiger partial charge in [-0.05, 0) is 52.9 Å². The third-order valence-corrected chi connectivity index (χ3v) is 6.12. The van der Waals surface area contributed by atoms with E-state index in [1.807, 2.05) is 30.6 Å². The fraction of sp³-hybridized carbons (Fsp3) is 0.857. The van der Waals surface area contributed by atoms with Crippen molar-refractivity contribution in [3.8, 4) is 0 Å². The lowest BCUT2D eigenvalue weighted by atomic mass is 9.96. The fourth-order valence-corrected chi connectivity index (χ4v) is 4.78. The third kappa shape index (κ3) is 4.95. The van der Waals surface area contributed by atoms with Gasteiger partial charge in [0.15, 0.2) is 0 Å². The highest BCUT2D eigenvalue weighted by Gasteiger charge is 2.44. The second-order valence-electron chi connectivity index (χ2n) is 9.81. The van der Waals surface area contributed by atoms with E-state index in [1.54, 1.807) is 23.9 Å². The Bertz CT molecular complexity index is 645. The number of urea groups is 1. The molecule has 29 heavy (non-hydrogen) atoms. The van der Waals surface area contributed by atoms with Crippen LogP contribution < -0.4 is 0 Å². The molecule has 3 atom stereocenters. The number of fused-ring (bicyclic) bond motifs is 2. The van der Waals surface area contributed by atoms with E-state index in [-0.39, 0.29) is 36.0 Å². The molecule has 4 amide bonds. The first-order valence-corrected chi connectivity index (χ1v) is 10.8. The number of ether oxygens (including phenoxy) is 1. The van der Waals surface area contributed by atoms with Gasteiger partial charge in [-0.25, -0.2) is 9.59 Å². The summed E-state index contributed by atoms with van der Waals surface area (Å²) in [5, 5.41) is 0. The Labute approximate surface area is 174 Å². The summed E-state index contributed by atoms with van der Waals surface area (Å²) in [4.78, 5) is 45.5. The molecule has 0 aromatic rings. The van der Waals surface area contributed by atoms with Crippen molar-refractivity contribution in [1.82, 2.24) is 19.6 Å². The van der Waals surface area contributed by atoms with Crippen LogP contribution in [0.3, 0.4) is 0 Å². The van der Waals surface area contributed by atoms with E-state index in [0.717, 1.165) is 32.1 Å². The first-order chi connectivity index (χ1) is 13.6. The molecule has 8 nitrogen and oxygen atoms in total. The van der Waals surface area contributed by atoms with E-state index in [1.165, 1.54) is 0 Å². The lowest BCUT2D eigenvalue weighted by molar-refractivity contribution is -0.137. The monoisotopic (exact) mass is 408 g/mol. The van der Waals surface area contributed by atoms with Crippen molar-refractivity contribution in [1.29, 1.82) is 0 Å². The molecule has 3 rings (SSSR count). The predicted octanol–water partition coefficient (Wildman–Crippen LogP) is 2.38. The summed E-state index contributed by atoms with van der Waals surface area (Å²) in [6.45, 7) is 8.05. The molecule has 0 aromatic heterocycles. The van der Waals surface area contributed by atoms with E-state index in [9.17, 15) is 14.4 Å². The van der Waals surface area contributed by atoms with Gasteiger partial charge in [0.05, 0.1) is 12.0 Å². The largest absolute Gasteiger partial charge is 0.444 e. The topological polar surface area (TPSA) is 73.4 Å². The Balaban J connectivity index is 1.65. The van der Waals surface area contributed by atoms with Crippen LogP contribution in [0.4, 0.5) is 9.59 Å². The quantitative estimate of drug-likeness (QED) is 0.668. The molecule has 3 fully saturated rings. The molecule has 0 aliphatic carbocycles. The zero-order chi connectivity index (χ0) is 21.3. The summed E-state index contributed by atoms with van der Waals surface area (Å²) in [5.74, 6) is -0.0304. The van der Waals surface area contributed by atoms with Gasteiger partial charge in [-0.3, -0.25) is 4.79 Å². The molecule has 2 bridgehead atoms. The van der Waals surface area contributed by atoms with Gasteiger partial charge in [-0.2, -0.15) is 0 Å². The maximum Gasteiger partial charge on any atom is 0.410 e. The molecule has 0 N–H and O–H groups in total. The molecule has 0 unspecified atom stereocenters. The molecule has 3 heterocycles. The minimum absolute atomic E-state index is 0.0180. The van der Waals surface area contributed by atoms with Gasteiger partial charge in [0.2, 0.25) is 5.91 Å². The normalized spacial score (nSPS) is 27.5. The average Bonchev–Trinajstić information content (AvgIpc) is 2.93. The first kappa shape index (κ1) is 21.7. The van der Waals surface area contributed by atoms with Crippen LogP contribution in [0.15, 0.2) is 0 Å². The highest BCUT2D eigenvalue weighted by molar-refractivity contribution is 5.81. The Morgan fingerprint density at radius 2 is 1.59 bits per heavy atom. The smallest absolute Gasteiger partial charge is 0.410 e.